The standard InChI is InChI=1S/C21H23NO5S/c1-3-27-20(24)17-19(23)18-16(21(17)11-4-5-12-21)10-13-22(18)28(25,26)15-8-6-14(2)7-9-15/h6-10,13,17H,3-5,11-12H2,1-2H3. The zero-order chi connectivity index (χ0) is 20.1. The van der Waals surface area contributed by atoms with Gasteiger partial charge in [-0.05, 0) is 50.5 Å². The Balaban J connectivity index is 1.86. The summed E-state index contributed by atoms with van der Waals surface area (Å²) in [5.74, 6) is -1.96. The van der Waals surface area contributed by atoms with Crippen molar-refractivity contribution in [2.24, 2.45) is 5.92 Å². The van der Waals surface area contributed by atoms with Crippen molar-refractivity contribution < 1.29 is 22.7 Å². The molecule has 1 fully saturated rings. The van der Waals surface area contributed by atoms with Gasteiger partial charge in [-0.1, -0.05) is 30.5 Å². The van der Waals surface area contributed by atoms with Gasteiger partial charge < -0.3 is 4.74 Å². The molecule has 2 aromatic rings. The molecule has 0 radical (unpaired) electrons. The zero-order valence-corrected chi connectivity index (χ0v) is 16.8. The summed E-state index contributed by atoms with van der Waals surface area (Å²) in [5, 5.41) is 0. The van der Waals surface area contributed by atoms with Gasteiger partial charge >= 0.3 is 5.97 Å². The number of ketones is 1. The Morgan fingerprint density at radius 3 is 2.43 bits per heavy atom. The SMILES string of the molecule is CCOC(=O)C1C(=O)c2c(ccn2S(=O)(=O)c2ccc(C)cc2)C12CCCC2. The summed E-state index contributed by atoms with van der Waals surface area (Å²) in [5.41, 5.74) is 1.08. The number of nitrogens with zero attached hydrogens (tertiary/aromatic N) is 1. The number of ether oxygens (including phenoxy) is 1. The molecule has 1 spiro atoms. The van der Waals surface area contributed by atoms with E-state index in [0.717, 1.165) is 22.4 Å². The summed E-state index contributed by atoms with van der Waals surface area (Å²) in [6, 6.07) is 8.20. The second kappa shape index (κ2) is 6.58. The third-order valence-electron chi connectivity index (χ3n) is 6.03. The van der Waals surface area contributed by atoms with E-state index in [4.69, 9.17) is 4.74 Å². The van der Waals surface area contributed by atoms with E-state index in [0.29, 0.717) is 18.4 Å². The number of esters is 1. The van der Waals surface area contributed by atoms with Crippen LogP contribution in [0.5, 0.6) is 0 Å². The summed E-state index contributed by atoms with van der Waals surface area (Å²) in [6.07, 6.45) is 4.61. The van der Waals surface area contributed by atoms with Gasteiger partial charge in [0.25, 0.3) is 10.0 Å². The van der Waals surface area contributed by atoms with Crippen LogP contribution in [0.25, 0.3) is 0 Å². The van der Waals surface area contributed by atoms with Crippen LogP contribution in [0, 0.1) is 12.8 Å². The molecule has 1 atom stereocenters. The van der Waals surface area contributed by atoms with Crippen LogP contribution in [-0.2, 0) is 25.0 Å². The Morgan fingerprint density at radius 2 is 1.82 bits per heavy atom. The average molecular weight is 401 g/mol. The molecule has 148 valence electrons. The average Bonchev–Trinajstić information content (AvgIpc) is 3.34. The molecule has 1 aromatic heterocycles. The minimum Gasteiger partial charge on any atom is -0.465 e. The first-order valence-corrected chi connectivity index (χ1v) is 11.0. The van der Waals surface area contributed by atoms with Gasteiger partial charge in [-0.3, -0.25) is 9.59 Å². The molecular formula is C21H23NO5S. The number of aryl methyl sites for hydroxylation is 1. The first-order valence-electron chi connectivity index (χ1n) is 9.58. The largest absolute Gasteiger partial charge is 0.465 e. The number of hydrogen-bond acceptors (Lipinski definition) is 5. The minimum absolute atomic E-state index is 0.112. The number of aromatic nitrogens is 1. The van der Waals surface area contributed by atoms with Crippen LogP contribution in [0.2, 0.25) is 0 Å². The molecule has 1 heterocycles. The van der Waals surface area contributed by atoms with Gasteiger partial charge in [-0.2, -0.15) is 0 Å². The van der Waals surface area contributed by atoms with E-state index < -0.39 is 33.1 Å². The van der Waals surface area contributed by atoms with Crippen molar-refractivity contribution in [3.63, 3.8) is 0 Å². The molecule has 0 amide bonds. The zero-order valence-electron chi connectivity index (χ0n) is 16.0. The lowest BCUT2D eigenvalue weighted by Crippen LogP contribution is -2.38. The monoisotopic (exact) mass is 401 g/mol. The maximum atomic E-state index is 13.3. The Bertz CT molecular complexity index is 1040. The molecule has 2 aliphatic rings. The van der Waals surface area contributed by atoms with E-state index in [1.807, 2.05) is 6.92 Å². The van der Waals surface area contributed by atoms with Crippen molar-refractivity contribution in [3.8, 4) is 0 Å². The number of carbonyl (C=O) groups is 2. The van der Waals surface area contributed by atoms with Gasteiger partial charge in [0.05, 0.1) is 11.5 Å². The van der Waals surface area contributed by atoms with E-state index in [-0.39, 0.29) is 17.2 Å². The molecule has 0 bridgehead atoms. The topological polar surface area (TPSA) is 82.4 Å². The number of carbonyl (C=O) groups excluding carboxylic acids is 2. The summed E-state index contributed by atoms with van der Waals surface area (Å²) in [6.45, 7) is 3.76. The van der Waals surface area contributed by atoms with Crippen molar-refractivity contribution in [2.75, 3.05) is 6.61 Å². The van der Waals surface area contributed by atoms with E-state index >= 15 is 0 Å². The normalized spacial score (nSPS) is 20.5. The molecule has 4 rings (SSSR count). The fourth-order valence-electron chi connectivity index (χ4n) is 4.75. The molecule has 1 unspecified atom stereocenters. The molecule has 28 heavy (non-hydrogen) atoms. The highest BCUT2D eigenvalue weighted by atomic mass is 32.2. The number of benzene rings is 1. The molecule has 1 saturated carbocycles. The summed E-state index contributed by atoms with van der Waals surface area (Å²) >= 11 is 0. The second-order valence-electron chi connectivity index (χ2n) is 7.60. The fraction of sp³-hybridized carbons (Fsp3) is 0.429. The molecule has 1 aromatic carbocycles. The summed E-state index contributed by atoms with van der Waals surface area (Å²) in [4.78, 5) is 26.1. The maximum absolute atomic E-state index is 13.3. The Morgan fingerprint density at radius 1 is 1.18 bits per heavy atom. The van der Waals surface area contributed by atoms with E-state index in [2.05, 4.69) is 0 Å². The van der Waals surface area contributed by atoms with Crippen LogP contribution in [0.4, 0.5) is 0 Å². The lowest BCUT2D eigenvalue weighted by Gasteiger charge is -2.28. The quantitative estimate of drug-likeness (QED) is 0.580. The van der Waals surface area contributed by atoms with Gasteiger partial charge in [0.2, 0.25) is 0 Å². The summed E-state index contributed by atoms with van der Waals surface area (Å²) in [7, 11) is -3.93. The first kappa shape index (κ1) is 18.9. The van der Waals surface area contributed by atoms with E-state index in [1.54, 1.807) is 25.1 Å². The van der Waals surface area contributed by atoms with Gasteiger partial charge in [0.15, 0.2) is 5.78 Å². The molecule has 0 N–H and O–H groups in total. The van der Waals surface area contributed by atoms with E-state index in [1.165, 1.54) is 18.3 Å². The molecule has 7 heteroatoms. The van der Waals surface area contributed by atoms with Gasteiger partial charge in [0.1, 0.15) is 11.6 Å². The number of Topliss-reactive ketones (excluding diaryl/α,β-unsaturated/α-hetero) is 1. The molecule has 6 nitrogen and oxygen atoms in total. The van der Waals surface area contributed by atoms with Gasteiger partial charge in [0, 0.05) is 11.6 Å². The number of rotatable bonds is 4. The highest BCUT2D eigenvalue weighted by molar-refractivity contribution is 7.90. The Hall–Kier alpha value is -2.41. The maximum Gasteiger partial charge on any atom is 0.317 e. The molecular weight excluding hydrogens is 378 g/mol. The van der Waals surface area contributed by atoms with Crippen LogP contribution in [0.1, 0.15) is 54.2 Å². The highest BCUT2D eigenvalue weighted by Crippen LogP contribution is 2.54. The third kappa shape index (κ3) is 2.56. The summed E-state index contributed by atoms with van der Waals surface area (Å²) < 4.78 is 32.7. The van der Waals surface area contributed by atoms with Crippen molar-refractivity contribution in [1.82, 2.24) is 3.97 Å². The molecule has 0 saturated heterocycles. The van der Waals surface area contributed by atoms with Crippen LogP contribution >= 0.6 is 0 Å². The van der Waals surface area contributed by atoms with Gasteiger partial charge in [-0.15, -0.1) is 0 Å². The Labute approximate surface area is 164 Å². The van der Waals surface area contributed by atoms with Crippen LogP contribution in [0.15, 0.2) is 41.4 Å². The first-order chi connectivity index (χ1) is 13.3. The minimum atomic E-state index is -3.93. The number of hydrogen-bond donors (Lipinski definition) is 0. The lowest BCUT2D eigenvalue weighted by atomic mass is 9.73. The van der Waals surface area contributed by atoms with E-state index in [9.17, 15) is 18.0 Å². The molecule has 2 aliphatic carbocycles. The predicted molar refractivity (Wildman–Crippen MR) is 103 cm³/mol. The highest BCUT2D eigenvalue weighted by Gasteiger charge is 2.59. The van der Waals surface area contributed by atoms with Crippen molar-refractivity contribution in [3.05, 3.63) is 53.3 Å². The smallest absolute Gasteiger partial charge is 0.317 e. The van der Waals surface area contributed by atoms with Crippen LogP contribution < -0.4 is 0 Å². The van der Waals surface area contributed by atoms with Crippen LogP contribution in [-0.4, -0.2) is 30.7 Å². The Kier molecular flexibility index (Phi) is 4.45. The molecule has 0 aliphatic heterocycles. The second-order valence-corrected chi connectivity index (χ2v) is 9.42. The van der Waals surface area contributed by atoms with Crippen molar-refractivity contribution in [1.29, 1.82) is 0 Å². The third-order valence-corrected chi connectivity index (χ3v) is 7.72. The fourth-order valence-corrected chi connectivity index (χ4v) is 6.10. The number of fused-ring (bicyclic) bond motifs is 2. The van der Waals surface area contributed by atoms with Crippen molar-refractivity contribution >= 4 is 21.8 Å². The van der Waals surface area contributed by atoms with Crippen molar-refractivity contribution in [2.45, 2.75) is 49.8 Å². The predicted octanol–water partition coefficient (Wildman–Crippen LogP) is 3.22. The van der Waals surface area contributed by atoms with Crippen LogP contribution in [0.3, 0.4) is 0 Å². The lowest BCUT2D eigenvalue weighted by molar-refractivity contribution is -0.148. The van der Waals surface area contributed by atoms with Gasteiger partial charge in [-0.25, -0.2) is 12.4 Å².